The third kappa shape index (κ3) is 2.40. The monoisotopic (exact) mass is 365 g/mol. The number of anilines is 2. The first-order valence-electron chi connectivity index (χ1n) is 8.47. The lowest BCUT2D eigenvalue weighted by Gasteiger charge is -2.42. The van der Waals surface area contributed by atoms with Gasteiger partial charge in [0.15, 0.2) is 5.82 Å². The van der Waals surface area contributed by atoms with Crippen molar-refractivity contribution in [1.82, 2.24) is 14.5 Å². The fourth-order valence-corrected chi connectivity index (χ4v) is 4.23. The van der Waals surface area contributed by atoms with E-state index in [4.69, 9.17) is 11.6 Å². The van der Waals surface area contributed by atoms with E-state index in [1.165, 1.54) is 4.57 Å². The summed E-state index contributed by atoms with van der Waals surface area (Å²) in [6.07, 6.45) is 0.850. The molecule has 2 aliphatic rings. The Balaban J connectivity index is 2.10. The Morgan fingerprint density at radius 2 is 2.08 bits per heavy atom. The fourth-order valence-electron chi connectivity index (χ4n) is 3.92. The molecule has 2 aromatic rings. The van der Waals surface area contributed by atoms with Crippen LogP contribution in [0.1, 0.15) is 12.0 Å². The number of rotatable bonds is 0. The van der Waals surface area contributed by atoms with Crippen LogP contribution in [0, 0.1) is 12.7 Å². The molecule has 0 spiro atoms. The van der Waals surface area contributed by atoms with Crippen molar-refractivity contribution in [2.45, 2.75) is 19.4 Å². The molecule has 0 aliphatic carbocycles. The van der Waals surface area contributed by atoms with Gasteiger partial charge in [-0.05, 0) is 20.4 Å². The first kappa shape index (κ1) is 16.6. The summed E-state index contributed by atoms with van der Waals surface area (Å²) in [4.78, 5) is 21.2. The van der Waals surface area contributed by atoms with E-state index in [1.54, 1.807) is 14.0 Å². The van der Waals surface area contributed by atoms with Gasteiger partial charge in [0.1, 0.15) is 5.82 Å². The maximum Gasteiger partial charge on any atom is 0.349 e. The summed E-state index contributed by atoms with van der Waals surface area (Å²) >= 11 is 6.44. The number of hydrogen-bond donors (Lipinski definition) is 1. The molecular weight excluding hydrogens is 345 g/mol. The van der Waals surface area contributed by atoms with E-state index >= 15 is 0 Å². The van der Waals surface area contributed by atoms with Gasteiger partial charge < -0.3 is 15.1 Å². The Morgan fingerprint density at radius 1 is 1.32 bits per heavy atom. The summed E-state index contributed by atoms with van der Waals surface area (Å²) in [7, 11) is 3.71. The van der Waals surface area contributed by atoms with Gasteiger partial charge in [-0.15, -0.1) is 0 Å². The molecule has 1 fully saturated rings. The van der Waals surface area contributed by atoms with Crippen LogP contribution >= 0.6 is 11.6 Å². The third-order valence-electron chi connectivity index (χ3n) is 5.36. The van der Waals surface area contributed by atoms with Crippen LogP contribution in [0.4, 0.5) is 15.9 Å². The molecule has 134 valence electrons. The standard InChI is InChI=1S/C17H21ClFN5O/c1-9-12(18)15-11-14(13(9)19)20-5-4-10-8-22(2)6-7-24(10)16(11)21-17(25)23(15)3/h10,20H,4-8H2,1-3H3. The van der Waals surface area contributed by atoms with Gasteiger partial charge in [0.2, 0.25) is 0 Å². The molecule has 0 saturated carbocycles. The van der Waals surface area contributed by atoms with Crippen LogP contribution in [0.25, 0.3) is 10.9 Å². The molecule has 3 heterocycles. The topological polar surface area (TPSA) is 53.4 Å². The minimum Gasteiger partial charge on any atom is -0.382 e. The smallest absolute Gasteiger partial charge is 0.349 e. The number of aryl methyl sites for hydroxylation is 1. The SMILES string of the molecule is Cc1c(F)c2c3c(nc(=O)n(C)c3c1Cl)N1CCN(C)CC1CCN2. The number of likely N-dealkylation sites (N-methyl/N-ethyl adjacent to an activating group) is 1. The molecule has 1 aromatic heterocycles. The molecule has 25 heavy (non-hydrogen) atoms. The van der Waals surface area contributed by atoms with Crippen molar-refractivity contribution in [2.24, 2.45) is 7.05 Å². The largest absolute Gasteiger partial charge is 0.382 e. The molecule has 6 nitrogen and oxygen atoms in total. The van der Waals surface area contributed by atoms with E-state index in [2.05, 4.69) is 27.1 Å². The highest BCUT2D eigenvalue weighted by Crippen LogP contribution is 2.41. The van der Waals surface area contributed by atoms with E-state index in [0.717, 1.165) is 26.1 Å². The summed E-state index contributed by atoms with van der Waals surface area (Å²) in [5.74, 6) is 0.172. The molecule has 1 saturated heterocycles. The number of hydrogen-bond acceptors (Lipinski definition) is 5. The van der Waals surface area contributed by atoms with E-state index in [0.29, 0.717) is 34.5 Å². The number of aromatic nitrogens is 2. The Hall–Kier alpha value is -1.86. The Morgan fingerprint density at radius 3 is 2.84 bits per heavy atom. The maximum absolute atomic E-state index is 14.9. The van der Waals surface area contributed by atoms with Crippen LogP contribution in [0.3, 0.4) is 0 Å². The van der Waals surface area contributed by atoms with E-state index < -0.39 is 0 Å². The quantitative estimate of drug-likeness (QED) is 0.773. The van der Waals surface area contributed by atoms with Crippen LogP contribution in [-0.4, -0.2) is 53.7 Å². The zero-order valence-electron chi connectivity index (χ0n) is 14.6. The first-order chi connectivity index (χ1) is 11.9. The number of fused-ring (bicyclic) bond motifs is 2. The summed E-state index contributed by atoms with van der Waals surface area (Å²) in [5.41, 5.74) is 0.906. The summed E-state index contributed by atoms with van der Waals surface area (Å²) < 4.78 is 16.4. The predicted octanol–water partition coefficient (Wildman–Crippen LogP) is 1.97. The molecule has 0 radical (unpaired) electrons. The van der Waals surface area contributed by atoms with Crippen LogP contribution in [0.5, 0.6) is 0 Å². The summed E-state index contributed by atoms with van der Waals surface area (Å²) in [6, 6.07) is 0.227. The molecule has 2 aliphatic heterocycles. The molecule has 1 unspecified atom stereocenters. The van der Waals surface area contributed by atoms with Gasteiger partial charge in [-0.2, -0.15) is 4.98 Å². The van der Waals surface area contributed by atoms with E-state index in [-0.39, 0.29) is 22.6 Å². The van der Waals surface area contributed by atoms with Crippen molar-refractivity contribution in [2.75, 3.05) is 43.4 Å². The molecule has 0 amide bonds. The first-order valence-corrected chi connectivity index (χ1v) is 8.85. The highest BCUT2D eigenvalue weighted by Gasteiger charge is 2.32. The Bertz CT molecular complexity index is 928. The third-order valence-corrected chi connectivity index (χ3v) is 5.82. The lowest BCUT2D eigenvalue weighted by molar-refractivity contribution is 0.261. The molecule has 4 rings (SSSR count). The van der Waals surface area contributed by atoms with Crippen LogP contribution in [0.2, 0.25) is 5.02 Å². The Kier molecular flexibility index (Phi) is 3.88. The van der Waals surface area contributed by atoms with Gasteiger partial charge in [-0.25, -0.2) is 9.18 Å². The minimum absolute atomic E-state index is 0.227. The molecule has 1 atom stereocenters. The zero-order valence-corrected chi connectivity index (χ0v) is 15.3. The van der Waals surface area contributed by atoms with Gasteiger partial charge in [-0.1, -0.05) is 11.6 Å². The average molecular weight is 366 g/mol. The van der Waals surface area contributed by atoms with Crippen molar-refractivity contribution < 1.29 is 4.39 Å². The van der Waals surface area contributed by atoms with Crippen LogP contribution in [0.15, 0.2) is 4.79 Å². The van der Waals surface area contributed by atoms with Gasteiger partial charge in [0, 0.05) is 44.8 Å². The number of nitrogens with zero attached hydrogens (tertiary/aromatic N) is 4. The zero-order chi connectivity index (χ0) is 17.9. The van der Waals surface area contributed by atoms with E-state index in [1.807, 2.05) is 0 Å². The summed E-state index contributed by atoms with van der Waals surface area (Å²) in [5, 5.41) is 4.10. The van der Waals surface area contributed by atoms with Crippen LogP contribution in [-0.2, 0) is 7.05 Å². The van der Waals surface area contributed by atoms with Crippen molar-refractivity contribution in [1.29, 1.82) is 0 Å². The van der Waals surface area contributed by atoms with Gasteiger partial charge >= 0.3 is 5.69 Å². The van der Waals surface area contributed by atoms with Gasteiger partial charge in [0.05, 0.1) is 21.6 Å². The lowest BCUT2D eigenvalue weighted by Crippen LogP contribution is -2.53. The highest BCUT2D eigenvalue weighted by molar-refractivity contribution is 6.37. The molecule has 1 N–H and O–H groups in total. The average Bonchev–Trinajstić information content (AvgIpc) is 2.57. The number of halogens is 2. The molecule has 1 aromatic carbocycles. The number of benzene rings is 1. The van der Waals surface area contributed by atoms with Crippen LogP contribution < -0.4 is 15.9 Å². The predicted molar refractivity (Wildman–Crippen MR) is 98.4 cm³/mol. The Labute approximate surface area is 150 Å². The van der Waals surface area contributed by atoms with E-state index in [9.17, 15) is 9.18 Å². The normalized spacial score (nSPS) is 20.8. The van der Waals surface area contributed by atoms with Crippen molar-refractivity contribution in [3.63, 3.8) is 0 Å². The second-order valence-electron chi connectivity index (χ2n) is 6.95. The second-order valence-corrected chi connectivity index (χ2v) is 7.33. The van der Waals surface area contributed by atoms with Crippen molar-refractivity contribution in [3.05, 3.63) is 26.9 Å². The second kappa shape index (κ2) is 5.85. The summed E-state index contributed by atoms with van der Waals surface area (Å²) in [6.45, 7) is 4.81. The van der Waals surface area contributed by atoms with Crippen molar-refractivity contribution >= 4 is 34.0 Å². The lowest BCUT2D eigenvalue weighted by atomic mass is 10.0. The number of piperazine rings is 1. The number of nitrogens with one attached hydrogen (secondary N) is 1. The van der Waals surface area contributed by atoms with Gasteiger partial charge in [0.25, 0.3) is 0 Å². The molecule has 8 heteroatoms. The highest BCUT2D eigenvalue weighted by atomic mass is 35.5. The minimum atomic E-state index is -0.375. The molecule has 0 bridgehead atoms. The molecular formula is C17H21ClFN5O. The maximum atomic E-state index is 14.9. The van der Waals surface area contributed by atoms with Gasteiger partial charge in [-0.3, -0.25) is 4.57 Å². The van der Waals surface area contributed by atoms with Crippen molar-refractivity contribution in [3.8, 4) is 0 Å². The fraction of sp³-hybridized carbons (Fsp3) is 0.529.